The number of nitrogens with zero attached hydrogens (tertiary/aromatic N) is 1. The molecule has 5 nitrogen and oxygen atoms in total. The van der Waals surface area contributed by atoms with E-state index in [0.717, 1.165) is 29.5 Å². The second-order valence-corrected chi connectivity index (χ2v) is 6.21. The van der Waals surface area contributed by atoms with Gasteiger partial charge in [0.05, 0.1) is 11.6 Å². The molecule has 0 saturated carbocycles. The van der Waals surface area contributed by atoms with Gasteiger partial charge in [0.15, 0.2) is 23.0 Å². The first-order chi connectivity index (χ1) is 12.2. The van der Waals surface area contributed by atoms with Gasteiger partial charge in [0, 0.05) is 23.1 Å². The summed E-state index contributed by atoms with van der Waals surface area (Å²) in [4.78, 5) is 12.3. The SMILES string of the molecule is Cc1c2c(c(CCCCC#N)c3c1Oc1ccccc1O3)C(=O)OC2. The van der Waals surface area contributed by atoms with Crippen molar-refractivity contribution in [2.24, 2.45) is 0 Å². The van der Waals surface area contributed by atoms with Gasteiger partial charge in [0.2, 0.25) is 0 Å². The van der Waals surface area contributed by atoms with Crippen LogP contribution in [-0.2, 0) is 17.8 Å². The van der Waals surface area contributed by atoms with Crippen molar-refractivity contribution in [1.82, 2.24) is 0 Å². The molecule has 126 valence electrons. The number of para-hydroxylation sites is 2. The second kappa shape index (κ2) is 6.14. The molecule has 0 aliphatic carbocycles. The van der Waals surface area contributed by atoms with E-state index in [1.807, 2.05) is 31.2 Å². The lowest BCUT2D eigenvalue weighted by Crippen LogP contribution is -2.10. The molecule has 0 fully saturated rings. The van der Waals surface area contributed by atoms with E-state index in [1.54, 1.807) is 0 Å². The van der Waals surface area contributed by atoms with Crippen LogP contribution in [0.2, 0.25) is 0 Å². The molecule has 0 amide bonds. The first kappa shape index (κ1) is 15.5. The Bertz CT molecular complexity index is 911. The molecule has 4 rings (SSSR count). The third kappa shape index (κ3) is 2.51. The number of esters is 1. The molecule has 2 heterocycles. The number of carbonyl (C=O) groups is 1. The summed E-state index contributed by atoms with van der Waals surface area (Å²) >= 11 is 0. The zero-order valence-corrected chi connectivity index (χ0v) is 13.9. The summed E-state index contributed by atoms with van der Waals surface area (Å²) in [5.74, 6) is 2.26. The van der Waals surface area contributed by atoms with E-state index in [2.05, 4.69) is 6.07 Å². The molecular weight excluding hydrogens is 318 g/mol. The molecule has 0 unspecified atom stereocenters. The molecule has 0 bridgehead atoms. The molecule has 2 aliphatic heterocycles. The largest absolute Gasteiger partial charge is 0.457 e. The number of benzene rings is 2. The highest BCUT2D eigenvalue weighted by atomic mass is 16.6. The maximum atomic E-state index is 12.3. The summed E-state index contributed by atoms with van der Waals surface area (Å²) < 4.78 is 17.5. The van der Waals surface area contributed by atoms with Crippen LogP contribution in [0.5, 0.6) is 23.0 Å². The van der Waals surface area contributed by atoms with Gasteiger partial charge >= 0.3 is 5.97 Å². The Morgan fingerprint density at radius 1 is 1.12 bits per heavy atom. The number of rotatable bonds is 4. The average molecular weight is 335 g/mol. The van der Waals surface area contributed by atoms with E-state index in [0.29, 0.717) is 41.4 Å². The van der Waals surface area contributed by atoms with Crippen molar-refractivity contribution in [2.45, 2.75) is 39.2 Å². The summed E-state index contributed by atoms with van der Waals surface area (Å²) in [6.07, 6.45) is 2.72. The van der Waals surface area contributed by atoms with Crippen LogP contribution < -0.4 is 9.47 Å². The molecule has 0 atom stereocenters. The number of hydrogen-bond acceptors (Lipinski definition) is 5. The van der Waals surface area contributed by atoms with Crippen LogP contribution in [0.25, 0.3) is 0 Å². The maximum Gasteiger partial charge on any atom is 0.339 e. The molecule has 2 aliphatic rings. The normalized spacial score (nSPS) is 13.7. The van der Waals surface area contributed by atoms with E-state index >= 15 is 0 Å². The molecule has 25 heavy (non-hydrogen) atoms. The van der Waals surface area contributed by atoms with Gasteiger partial charge in [-0.3, -0.25) is 0 Å². The smallest absolute Gasteiger partial charge is 0.339 e. The second-order valence-electron chi connectivity index (χ2n) is 6.21. The molecule has 5 heteroatoms. The van der Waals surface area contributed by atoms with Gasteiger partial charge in [-0.25, -0.2) is 4.79 Å². The minimum Gasteiger partial charge on any atom is -0.457 e. The van der Waals surface area contributed by atoms with Gasteiger partial charge in [0.25, 0.3) is 0 Å². The Balaban J connectivity index is 1.81. The van der Waals surface area contributed by atoms with Gasteiger partial charge in [-0.1, -0.05) is 12.1 Å². The topological polar surface area (TPSA) is 68.5 Å². The van der Waals surface area contributed by atoms with Crippen LogP contribution in [0.1, 0.15) is 46.3 Å². The average Bonchev–Trinajstić information content (AvgIpc) is 3.02. The summed E-state index contributed by atoms with van der Waals surface area (Å²) in [7, 11) is 0. The fraction of sp³-hybridized carbons (Fsp3) is 0.300. The zero-order valence-electron chi connectivity index (χ0n) is 13.9. The summed E-state index contributed by atoms with van der Waals surface area (Å²) in [5, 5.41) is 8.73. The lowest BCUT2D eigenvalue weighted by Gasteiger charge is -2.26. The third-order valence-corrected chi connectivity index (χ3v) is 4.67. The van der Waals surface area contributed by atoms with Gasteiger partial charge in [-0.15, -0.1) is 0 Å². The Labute approximate surface area is 145 Å². The first-order valence-electron chi connectivity index (χ1n) is 8.38. The fourth-order valence-electron chi connectivity index (χ4n) is 3.38. The number of hydrogen-bond donors (Lipinski definition) is 0. The highest BCUT2D eigenvalue weighted by Crippen LogP contribution is 2.52. The summed E-state index contributed by atoms with van der Waals surface area (Å²) in [6.45, 7) is 2.19. The van der Waals surface area contributed by atoms with Crippen molar-refractivity contribution in [3.8, 4) is 29.1 Å². The third-order valence-electron chi connectivity index (χ3n) is 4.67. The predicted octanol–water partition coefficient (Wildman–Crippen LogP) is 4.80. The van der Waals surface area contributed by atoms with Gasteiger partial charge in [-0.2, -0.15) is 5.26 Å². The first-order valence-corrected chi connectivity index (χ1v) is 8.38. The Morgan fingerprint density at radius 2 is 1.84 bits per heavy atom. The van der Waals surface area contributed by atoms with E-state index in [1.165, 1.54) is 0 Å². The van der Waals surface area contributed by atoms with Crippen molar-refractivity contribution in [1.29, 1.82) is 5.26 Å². The van der Waals surface area contributed by atoms with Crippen molar-refractivity contribution < 1.29 is 19.0 Å². The molecule has 2 aromatic carbocycles. The van der Waals surface area contributed by atoms with E-state index < -0.39 is 0 Å². The van der Waals surface area contributed by atoms with Gasteiger partial charge in [-0.05, 0) is 38.3 Å². The number of fused-ring (bicyclic) bond motifs is 3. The number of unbranched alkanes of at least 4 members (excludes halogenated alkanes) is 2. The van der Waals surface area contributed by atoms with Crippen molar-refractivity contribution in [3.05, 3.63) is 46.5 Å². The molecule has 0 spiro atoms. The number of cyclic esters (lactones) is 1. The van der Waals surface area contributed by atoms with E-state index in [-0.39, 0.29) is 12.6 Å². The molecule has 0 saturated heterocycles. The van der Waals surface area contributed by atoms with Crippen molar-refractivity contribution in [3.63, 3.8) is 0 Å². The standard InChI is InChI=1S/C20H17NO4/c1-12-14-11-23-20(22)17(14)13(7-3-2-6-10-21)19-18(12)24-15-8-4-5-9-16(15)25-19/h4-5,8-9H,2-3,6-7,11H2,1H3. The molecular formula is C20H17NO4. The van der Waals surface area contributed by atoms with Crippen LogP contribution in [0, 0.1) is 18.3 Å². The minimum atomic E-state index is -0.307. The molecule has 0 radical (unpaired) electrons. The monoisotopic (exact) mass is 335 g/mol. The quantitative estimate of drug-likeness (QED) is 0.506. The zero-order chi connectivity index (χ0) is 17.4. The fourth-order valence-corrected chi connectivity index (χ4v) is 3.38. The highest BCUT2D eigenvalue weighted by molar-refractivity contribution is 5.97. The number of nitriles is 1. The van der Waals surface area contributed by atoms with Crippen LogP contribution in [0.4, 0.5) is 0 Å². The highest BCUT2D eigenvalue weighted by Gasteiger charge is 2.35. The minimum absolute atomic E-state index is 0.267. The maximum absolute atomic E-state index is 12.3. The van der Waals surface area contributed by atoms with Crippen LogP contribution >= 0.6 is 0 Å². The molecule has 2 aromatic rings. The molecule has 0 aromatic heterocycles. The van der Waals surface area contributed by atoms with Gasteiger partial charge < -0.3 is 14.2 Å². The summed E-state index contributed by atoms with van der Waals surface area (Å²) in [5.41, 5.74) is 3.19. The Morgan fingerprint density at radius 3 is 2.56 bits per heavy atom. The lowest BCUT2D eigenvalue weighted by atomic mass is 9.92. The lowest BCUT2D eigenvalue weighted by molar-refractivity contribution is 0.0534. The number of carbonyl (C=O) groups excluding carboxylic acids is 1. The van der Waals surface area contributed by atoms with Crippen LogP contribution in [-0.4, -0.2) is 5.97 Å². The van der Waals surface area contributed by atoms with E-state index in [4.69, 9.17) is 19.5 Å². The van der Waals surface area contributed by atoms with Crippen molar-refractivity contribution in [2.75, 3.05) is 0 Å². The molecule has 0 N–H and O–H groups in total. The van der Waals surface area contributed by atoms with Gasteiger partial charge in [0.1, 0.15) is 6.61 Å². The Hall–Kier alpha value is -3.00. The van der Waals surface area contributed by atoms with Crippen LogP contribution in [0.15, 0.2) is 24.3 Å². The summed E-state index contributed by atoms with van der Waals surface area (Å²) in [6, 6.07) is 9.64. The Kier molecular flexibility index (Phi) is 3.81. The van der Waals surface area contributed by atoms with Crippen molar-refractivity contribution >= 4 is 5.97 Å². The van der Waals surface area contributed by atoms with E-state index in [9.17, 15) is 4.79 Å². The van der Waals surface area contributed by atoms with Crippen LogP contribution in [0.3, 0.4) is 0 Å². The predicted molar refractivity (Wildman–Crippen MR) is 90.1 cm³/mol. The number of ether oxygens (including phenoxy) is 3.